The van der Waals surface area contributed by atoms with Crippen molar-refractivity contribution >= 4 is 26.6 Å². The number of carbonyl (C=O) groups is 1. The van der Waals surface area contributed by atoms with Crippen molar-refractivity contribution in [3.05, 3.63) is 39.9 Å². The fraction of sp³-hybridized carbons (Fsp3) is 0.591. The number of hydrogen-bond donors (Lipinski definition) is 0. The van der Waals surface area contributed by atoms with E-state index < -0.39 is 15.4 Å². The van der Waals surface area contributed by atoms with Crippen molar-refractivity contribution in [1.29, 1.82) is 0 Å². The molecular weight excluding hydrogens is 416 g/mol. The average molecular weight is 447 g/mol. The Morgan fingerprint density at radius 3 is 2.61 bits per heavy atom. The van der Waals surface area contributed by atoms with Crippen molar-refractivity contribution in [1.82, 2.24) is 19.4 Å². The summed E-state index contributed by atoms with van der Waals surface area (Å²) in [6.45, 7) is 8.35. The van der Waals surface area contributed by atoms with Gasteiger partial charge in [-0.05, 0) is 45.4 Å². The van der Waals surface area contributed by atoms with Gasteiger partial charge in [0, 0.05) is 44.7 Å². The van der Waals surface area contributed by atoms with Crippen LogP contribution in [0.3, 0.4) is 0 Å². The molecule has 0 N–H and O–H groups in total. The molecule has 2 aliphatic rings. The lowest BCUT2D eigenvalue weighted by atomic mass is 9.98. The summed E-state index contributed by atoms with van der Waals surface area (Å²) in [5, 5.41) is 0.496. The Balaban J connectivity index is 1.68. The highest BCUT2D eigenvalue weighted by molar-refractivity contribution is 7.91. The minimum absolute atomic E-state index is 0.0325. The summed E-state index contributed by atoms with van der Waals surface area (Å²) in [5.74, 6) is 0.545. The van der Waals surface area contributed by atoms with Gasteiger partial charge in [0.2, 0.25) is 0 Å². The van der Waals surface area contributed by atoms with Crippen LogP contribution in [0.1, 0.15) is 43.4 Å². The molecule has 2 aliphatic heterocycles. The molecule has 31 heavy (non-hydrogen) atoms. The van der Waals surface area contributed by atoms with E-state index in [2.05, 4.69) is 18.7 Å². The summed E-state index contributed by atoms with van der Waals surface area (Å²) >= 11 is 0. The van der Waals surface area contributed by atoms with Gasteiger partial charge >= 0.3 is 0 Å². The second kappa shape index (κ2) is 7.70. The van der Waals surface area contributed by atoms with Gasteiger partial charge in [-0.1, -0.05) is 0 Å². The molecule has 1 fully saturated rings. The zero-order valence-corrected chi connectivity index (χ0v) is 19.4. The lowest BCUT2D eigenvalue weighted by molar-refractivity contribution is 0.0638. The van der Waals surface area contributed by atoms with E-state index in [4.69, 9.17) is 4.98 Å². The third-order valence-electron chi connectivity index (χ3n) is 6.84. The lowest BCUT2D eigenvalue weighted by Gasteiger charge is -2.34. The number of carbonyl (C=O) groups excluding carboxylic acids is 1. The van der Waals surface area contributed by atoms with Crippen LogP contribution in [0.2, 0.25) is 0 Å². The first kappa shape index (κ1) is 22.0. The molecule has 1 aromatic heterocycles. The molecule has 0 bridgehead atoms. The summed E-state index contributed by atoms with van der Waals surface area (Å²) in [7, 11) is -1.49. The molecule has 2 aromatic rings. The first-order valence-electron chi connectivity index (χ1n) is 10.8. The van der Waals surface area contributed by atoms with Gasteiger partial charge in [0.15, 0.2) is 9.84 Å². The zero-order chi connectivity index (χ0) is 22.6. The third-order valence-corrected chi connectivity index (χ3v) is 8.73. The summed E-state index contributed by atoms with van der Waals surface area (Å²) in [6.07, 6.45) is 1.10. The van der Waals surface area contributed by atoms with Crippen LogP contribution < -0.4 is 5.56 Å². The molecule has 9 heteroatoms. The highest BCUT2D eigenvalue weighted by Gasteiger charge is 2.43. The van der Waals surface area contributed by atoms with E-state index in [1.165, 1.54) is 4.90 Å². The minimum Gasteiger partial charge on any atom is -0.335 e. The van der Waals surface area contributed by atoms with Crippen molar-refractivity contribution in [2.75, 3.05) is 31.6 Å². The van der Waals surface area contributed by atoms with E-state index in [1.807, 2.05) is 6.92 Å². The van der Waals surface area contributed by atoms with Crippen molar-refractivity contribution in [3.63, 3.8) is 0 Å². The number of sulfone groups is 1. The molecule has 0 saturated carbocycles. The molecule has 1 unspecified atom stereocenters. The lowest BCUT2D eigenvalue weighted by Crippen LogP contribution is -2.48. The smallest absolute Gasteiger partial charge is 0.261 e. The van der Waals surface area contributed by atoms with Crippen molar-refractivity contribution in [2.45, 2.75) is 51.7 Å². The molecule has 1 saturated heterocycles. The predicted octanol–water partition coefficient (Wildman–Crippen LogP) is 1.31. The molecule has 0 radical (unpaired) electrons. The Kier molecular flexibility index (Phi) is 5.46. The van der Waals surface area contributed by atoms with Gasteiger partial charge in [0.25, 0.3) is 11.5 Å². The van der Waals surface area contributed by atoms with Gasteiger partial charge in [-0.25, -0.2) is 13.4 Å². The largest absolute Gasteiger partial charge is 0.335 e. The summed E-state index contributed by atoms with van der Waals surface area (Å²) in [4.78, 5) is 34.8. The number of amides is 1. The number of fused-ring (bicyclic) bond motifs is 2. The Morgan fingerprint density at radius 2 is 1.97 bits per heavy atom. The molecule has 4 rings (SSSR count). The molecule has 1 aromatic carbocycles. The maximum Gasteiger partial charge on any atom is 0.261 e. The second-order valence-corrected chi connectivity index (χ2v) is 11.5. The molecule has 168 valence electrons. The summed E-state index contributed by atoms with van der Waals surface area (Å²) < 4.78 is 25.7. The molecule has 1 amide bonds. The number of nitrogens with zero attached hydrogens (tertiary/aromatic N) is 4. The number of hydrogen-bond acceptors (Lipinski definition) is 6. The van der Waals surface area contributed by atoms with Gasteiger partial charge in [0.05, 0.1) is 27.9 Å². The van der Waals surface area contributed by atoms with Crippen LogP contribution in [0, 0.1) is 0 Å². The first-order valence-corrected chi connectivity index (χ1v) is 12.6. The van der Waals surface area contributed by atoms with E-state index in [9.17, 15) is 18.0 Å². The second-order valence-electron chi connectivity index (χ2n) is 9.30. The Labute approximate surface area is 182 Å². The van der Waals surface area contributed by atoms with Crippen molar-refractivity contribution in [2.24, 2.45) is 0 Å². The van der Waals surface area contributed by atoms with Gasteiger partial charge in [-0.2, -0.15) is 0 Å². The van der Waals surface area contributed by atoms with Crippen molar-refractivity contribution in [3.8, 4) is 0 Å². The predicted molar refractivity (Wildman–Crippen MR) is 120 cm³/mol. The fourth-order valence-corrected chi connectivity index (χ4v) is 6.80. The van der Waals surface area contributed by atoms with Gasteiger partial charge < -0.3 is 4.90 Å². The highest BCUT2D eigenvalue weighted by Crippen LogP contribution is 2.30. The summed E-state index contributed by atoms with van der Waals surface area (Å²) in [6, 6.07) is 5.37. The van der Waals surface area contributed by atoms with Crippen LogP contribution in [0.15, 0.2) is 23.0 Å². The van der Waals surface area contributed by atoms with Crippen LogP contribution in [-0.2, 0) is 22.8 Å². The van der Waals surface area contributed by atoms with E-state index in [1.54, 1.807) is 29.8 Å². The van der Waals surface area contributed by atoms with Crippen LogP contribution in [-0.4, -0.2) is 76.9 Å². The normalized spacial score (nSPS) is 23.6. The Bertz CT molecular complexity index is 1200. The first-order chi connectivity index (χ1) is 14.5. The van der Waals surface area contributed by atoms with E-state index in [-0.39, 0.29) is 23.0 Å². The molecule has 0 aliphatic carbocycles. The fourth-order valence-electron chi connectivity index (χ4n) is 4.62. The van der Waals surface area contributed by atoms with Crippen LogP contribution >= 0.6 is 0 Å². The van der Waals surface area contributed by atoms with Crippen LogP contribution in [0.25, 0.3) is 10.9 Å². The Hall–Kier alpha value is -2.26. The monoisotopic (exact) mass is 446 g/mol. The average Bonchev–Trinajstić information content (AvgIpc) is 2.88. The molecule has 8 nitrogen and oxygen atoms in total. The zero-order valence-electron chi connectivity index (χ0n) is 18.6. The van der Waals surface area contributed by atoms with Crippen LogP contribution in [0.4, 0.5) is 0 Å². The topological polar surface area (TPSA) is 92.6 Å². The minimum atomic E-state index is -3.13. The Morgan fingerprint density at radius 1 is 1.23 bits per heavy atom. The molecule has 3 heterocycles. The number of aromatic nitrogens is 2. The SMILES string of the molecule is CC(C)N1CCc2nc3cc(C(=O)N(C)C4(C)CCS(=O)(=O)C4)ccc3c(=O)n2CC1. The third kappa shape index (κ3) is 4.01. The van der Waals surface area contributed by atoms with Crippen LogP contribution in [0.5, 0.6) is 0 Å². The standard InChI is InChI=1S/C22H30N4O4S/c1-15(2)25-9-7-19-23-18-13-16(5-6-17(18)21(28)26(19)11-10-25)20(27)24(4)22(3)8-12-31(29,30)14-22/h5-6,13,15H,7-12,14H2,1-4H3. The number of rotatable bonds is 3. The summed E-state index contributed by atoms with van der Waals surface area (Å²) in [5.41, 5.74) is 0.116. The quantitative estimate of drug-likeness (QED) is 0.706. The maximum atomic E-state index is 13.2. The van der Waals surface area contributed by atoms with Gasteiger partial charge in [-0.3, -0.25) is 19.1 Å². The van der Waals surface area contributed by atoms with Gasteiger partial charge in [-0.15, -0.1) is 0 Å². The maximum absolute atomic E-state index is 13.2. The van der Waals surface area contributed by atoms with E-state index in [0.717, 1.165) is 18.9 Å². The number of benzene rings is 1. The van der Waals surface area contributed by atoms with Crippen molar-refractivity contribution < 1.29 is 13.2 Å². The van der Waals surface area contributed by atoms with E-state index >= 15 is 0 Å². The highest BCUT2D eigenvalue weighted by atomic mass is 32.2. The molecular formula is C22H30N4O4S. The van der Waals surface area contributed by atoms with E-state index in [0.29, 0.717) is 41.9 Å². The molecule has 0 spiro atoms. The van der Waals surface area contributed by atoms with Gasteiger partial charge in [0.1, 0.15) is 5.82 Å². The molecule has 1 atom stereocenters.